The summed E-state index contributed by atoms with van der Waals surface area (Å²) in [6.07, 6.45) is 1.60. The summed E-state index contributed by atoms with van der Waals surface area (Å²) in [5, 5.41) is 29.7. The van der Waals surface area contributed by atoms with Crippen molar-refractivity contribution in [2.75, 3.05) is 6.54 Å². The number of primary amides is 1. The van der Waals surface area contributed by atoms with Gasteiger partial charge in [0.1, 0.15) is 30.4 Å². The van der Waals surface area contributed by atoms with Gasteiger partial charge in [0.15, 0.2) is 0 Å². The second-order valence-electron chi connectivity index (χ2n) is 11.3. The van der Waals surface area contributed by atoms with Crippen LogP contribution >= 0.6 is 0 Å². The van der Waals surface area contributed by atoms with Crippen molar-refractivity contribution >= 4 is 46.4 Å². The molecule has 0 saturated carbocycles. The Bertz CT molecular complexity index is 1590. The molecule has 0 spiro atoms. The number of carbonyl (C=O) groups excluding carboxylic acids is 5. The van der Waals surface area contributed by atoms with E-state index in [1.165, 1.54) is 12.1 Å². The second kappa shape index (κ2) is 16.7. The Kier molecular flexibility index (Phi) is 12.8. The van der Waals surface area contributed by atoms with Gasteiger partial charge in [0.05, 0.1) is 12.5 Å². The zero-order valence-electron chi connectivity index (χ0n) is 26.1. The number of nitrogens with one attached hydrogen (secondary N) is 5. The summed E-state index contributed by atoms with van der Waals surface area (Å²) in [4.78, 5) is 79.0. The molecule has 5 atom stereocenters. The first-order valence-electron chi connectivity index (χ1n) is 15.1. The number of hydrogen-bond acceptors (Lipinski definition) is 8. The maximum absolute atomic E-state index is 13.9. The lowest BCUT2D eigenvalue weighted by Crippen LogP contribution is -2.59. The minimum Gasteiger partial charge on any atom is -0.508 e. The Morgan fingerprint density at radius 3 is 2.11 bits per heavy atom. The standard InChI is InChI=1S/C32H41N7O8/c1-3-17(2)28(32(47)36-16-27(42)43)39-31(46)25(13-19-15-35-23-7-5-4-6-21(19)23)38-30(45)24(12-18-8-10-20(40)11-9-18)37-29(44)22(33)14-26(34)41/h4-11,15,17,22,24-25,28,35,40H,3,12-14,16,33H2,1-2H3,(H2,34,41)(H,36,47)(H,37,44)(H,38,45)(H,39,46)(H,42,43)/t17-,22-,24-,25-,28-/m0/s1. The predicted molar refractivity (Wildman–Crippen MR) is 171 cm³/mol. The molecule has 11 N–H and O–H groups in total. The number of phenols is 1. The summed E-state index contributed by atoms with van der Waals surface area (Å²) in [5.41, 5.74) is 13.0. The van der Waals surface area contributed by atoms with Crippen molar-refractivity contribution in [3.8, 4) is 5.75 Å². The average molecular weight is 652 g/mol. The molecule has 47 heavy (non-hydrogen) atoms. The number of carbonyl (C=O) groups is 6. The van der Waals surface area contributed by atoms with E-state index in [0.717, 1.165) is 10.9 Å². The molecule has 0 fully saturated rings. The summed E-state index contributed by atoms with van der Waals surface area (Å²) in [6, 6.07) is 8.24. The van der Waals surface area contributed by atoms with Gasteiger partial charge in [-0.25, -0.2) is 0 Å². The number of carboxylic acid groups (broad SMARTS) is 1. The zero-order chi connectivity index (χ0) is 34.7. The molecule has 2 aromatic carbocycles. The summed E-state index contributed by atoms with van der Waals surface area (Å²) in [7, 11) is 0. The molecule has 0 aliphatic rings. The number of nitrogens with two attached hydrogens (primary N) is 2. The SMILES string of the molecule is CC[C@H](C)[C@H](NC(=O)[C@H](Cc1c[nH]c2ccccc12)NC(=O)[C@H](Cc1ccc(O)cc1)NC(=O)[C@@H](N)CC(N)=O)C(=O)NCC(=O)O. The normalized spacial score (nSPS) is 14.2. The van der Waals surface area contributed by atoms with Gasteiger partial charge in [-0.2, -0.15) is 0 Å². The molecule has 3 rings (SSSR count). The number of aromatic nitrogens is 1. The van der Waals surface area contributed by atoms with Gasteiger partial charge in [-0.3, -0.25) is 28.8 Å². The van der Waals surface area contributed by atoms with E-state index in [1.54, 1.807) is 32.2 Å². The number of carboxylic acids is 1. The topological polar surface area (TPSA) is 259 Å². The highest BCUT2D eigenvalue weighted by atomic mass is 16.4. The van der Waals surface area contributed by atoms with Crippen LogP contribution in [0.2, 0.25) is 0 Å². The number of rotatable bonds is 17. The lowest BCUT2D eigenvalue weighted by molar-refractivity contribution is -0.139. The van der Waals surface area contributed by atoms with E-state index in [1.807, 2.05) is 24.3 Å². The Balaban J connectivity index is 1.94. The maximum Gasteiger partial charge on any atom is 0.322 e. The van der Waals surface area contributed by atoms with Crippen LogP contribution in [0.3, 0.4) is 0 Å². The molecule has 1 aromatic heterocycles. The number of hydrogen-bond donors (Lipinski definition) is 9. The van der Waals surface area contributed by atoms with E-state index in [2.05, 4.69) is 26.3 Å². The molecule has 15 nitrogen and oxygen atoms in total. The van der Waals surface area contributed by atoms with Crippen molar-refractivity contribution < 1.29 is 39.0 Å². The highest BCUT2D eigenvalue weighted by molar-refractivity contribution is 5.96. The number of aliphatic carboxylic acids is 1. The minimum atomic E-state index is -1.34. The molecule has 0 aliphatic carbocycles. The van der Waals surface area contributed by atoms with Gasteiger partial charge in [-0.15, -0.1) is 0 Å². The Morgan fingerprint density at radius 1 is 0.851 bits per heavy atom. The van der Waals surface area contributed by atoms with Crippen LogP contribution in [0.1, 0.15) is 37.8 Å². The smallest absolute Gasteiger partial charge is 0.322 e. The van der Waals surface area contributed by atoms with Crippen LogP contribution in [-0.4, -0.2) is 81.4 Å². The van der Waals surface area contributed by atoms with Crippen LogP contribution in [0, 0.1) is 5.92 Å². The van der Waals surface area contributed by atoms with Gasteiger partial charge in [-0.05, 0) is 35.2 Å². The number of amides is 5. The zero-order valence-corrected chi connectivity index (χ0v) is 26.1. The third-order valence-electron chi connectivity index (χ3n) is 7.71. The molecule has 0 unspecified atom stereocenters. The Morgan fingerprint density at radius 2 is 1.47 bits per heavy atom. The first-order chi connectivity index (χ1) is 22.3. The number of phenolic OH excluding ortho intramolecular Hbond substituents is 1. The van der Waals surface area contributed by atoms with Gasteiger partial charge >= 0.3 is 5.97 Å². The van der Waals surface area contributed by atoms with E-state index in [-0.39, 0.29) is 18.6 Å². The van der Waals surface area contributed by atoms with Crippen LogP contribution in [-0.2, 0) is 41.6 Å². The predicted octanol–water partition coefficient (Wildman–Crippen LogP) is -0.437. The molecule has 1 heterocycles. The Labute approximate surface area is 270 Å². The van der Waals surface area contributed by atoms with Crippen LogP contribution in [0.4, 0.5) is 0 Å². The molecule has 15 heteroatoms. The molecule has 3 aromatic rings. The fourth-order valence-electron chi connectivity index (χ4n) is 4.90. The molecule has 0 bridgehead atoms. The lowest BCUT2D eigenvalue weighted by Gasteiger charge is -2.28. The fourth-order valence-corrected chi connectivity index (χ4v) is 4.90. The van der Waals surface area contributed by atoms with Crippen LogP contribution in [0.15, 0.2) is 54.7 Å². The van der Waals surface area contributed by atoms with Gasteiger partial charge in [-0.1, -0.05) is 50.6 Å². The van der Waals surface area contributed by atoms with Crippen LogP contribution in [0.25, 0.3) is 10.9 Å². The third-order valence-corrected chi connectivity index (χ3v) is 7.71. The van der Waals surface area contributed by atoms with Crippen molar-refractivity contribution in [1.82, 2.24) is 26.3 Å². The molecule has 252 valence electrons. The van der Waals surface area contributed by atoms with E-state index in [4.69, 9.17) is 16.6 Å². The number of benzene rings is 2. The second-order valence-corrected chi connectivity index (χ2v) is 11.3. The van der Waals surface area contributed by atoms with Crippen molar-refractivity contribution in [1.29, 1.82) is 0 Å². The molecule has 0 radical (unpaired) electrons. The molecule has 5 amide bonds. The number of aromatic hydroxyl groups is 1. The largest absolute Gasteiger partial charge is 0.508 e. The van der Waals surface area contributed by atoms with E-state index in [0.29, 0.717) is 17.5 Å². The summed E-state index contributed by atoms with van der Waals surface area (Å²) >= 11 is 0. The third kappa shape index (κ3) is 10.6. The summed E-state index contributed by atoms with van der Waals surface area (Å²) in [6.45, 7) is 2.88. The van der Waals surface area contributed by atoms with Gasteiger partial charge in [0, 0.05) is 29.9 Å². The monoisotopic (exact) mass is 651 g/mol. The maximum atomic E-state index is 13.9. The van der Waals surface area contributed by atoms with Crippen LogP contribution in [0.5, 0.6) is 5.75 Å². The highest BCUT2D eigenvalue weighted by Crippen LogP contribution is 2.20. The van der Waals surface area contributed by atoms with E-state index >= 15 is 0 Å². The molecule has 0 aliphatic heterocycles. The Hall–Kier alpha value is -5.44. The summed E-state index contributed by atoms with van der Waals surface area (Å²) in [5.74, 6) is -5.50. The van der Waals surface area contributed by atoms with Gasteiger partial charge in [0.2, 0.25) is 29.5 Å². The first kappa shape index (κ1) is 36.0. The fraction of sp³-hybridized carbons (Fsp3) is 0.375. The molecular formula is C32H41N7O8. The van der Waals surface area contributed by atoms with Crippen molar-refractivity contribution in [3.63, 3.8) is 0 Å². The van der Waals surface area contributed by atoms with Gasteiger partial charge < -0.3 is 47.9 Å². The van der Waals surface area contributed by atoms with Gasteiger partial charge in [0.25, 0.3) is 0 Å². The number of fused-ring (bicyclic) bond motifs is 1. The number of aromatic amines is 1. The number of para-hydroxylation sites is 1. The summed E-state index contributed by atoms with van der Waals surface area (Å²) < 4.78 is 0. The first-order valence-corrected chi connectivity index (χ1v) is 15.1. The quantitative estimate of drug-likeness (QED) is 0.0915. The number of H-pyrrole nitrogens is 1. The minimum absolute atomic E-state index is 0.0130. The van der Waals surface area contributed by atoms with Crippen molar-refractivity contribution in [3.05, 3.63) is 65.9 Å². The van der Waals surface area contributed by atoms with E-state index in [9.17, 15) is 33.9 Å². The highest BCUT2D eigenvalue weighted by Gasteiger charge is 2.33. The molecule has 0 saturated heterocycles. The average Bonchev–Trinajstić information content (AvgIpc) is 3.44. The van der Waals surface area contributed by atoms with E-state index < -0.39 is 78.6 Å². The lowest BCUT2D eigenvalue weighted by atomic mass is 9.96. The van der Waals surface area contributed by atoms with Crippen molar-refractivity contribution in [2.24, 2.45) is 17.4 Å². The van der Waals surface area contributed by atoms with Crippen molar-refractivity contribution in [2.45, 2.75) is 63.7 Å². The van der Waals surface area contributed by atoms with Crippen LogP contribution < -0.4 is 32.7 Å². The molecular weight excluding hydrogens is 610 g/mol.